The third-order valence-electron chi connectivity index (χ3n) is 2.21. The number of benzene rings is 1. The van der Waals surface area contributed by atoms with Gasteiger partial charge in [0.05, 0.1) is 11.6 Å². The topological polar surface area (TPSA) is 40.9 Å². The van der Waals surface area contributed by atoms with Crippen LogP contribution in [0.25, 0.3) is 0 Å². The number of hydrogen-bond donors (Lipinski definition) is 0. The fourth-order valence-corrected chi connectivity index (χ4v) is 1.58. The van der Waals surface area contributed by atoms with Gasteiger partial charge >= 0.3 is 0 Å². The molecule has 2 heteroatoms. The predicted octanol–water partition coefficient (Wildman–Crippen LogP) is 3.11. The average Bonchev–Trinajstić information content (AvgIpc) is 2.16. The maximum Gasteiger partial charge on any atom is 0.137 e. The first-order chi connectivity index (χ1) is 7.40. The van der Waals surface area contributed by atoms with Crippen LogP contribution in [-0.2, 0) is 11.2 Å². The standard InChI is InChI=1S/C14H17NO/c1-14(2,3)9-13(16)8-11-4-6-12(10-15)7-5-11/h4-7H,8-9H2,1-3H3. The van der Waals surface area contributed by atoms with Gasteiger partial charge in [-0.1, -0.05) is 32.9 Å². The highest BCUT2D eigenvalue weighted by atomic mass is 16.1. The molecule has 0 bridgehead atoms. The number of carbonyl (C=O) groups excluding carboxylic acids is 1. The lowest BCUT2D eigenvalue weighted by atomic mass is 9.88. The molecule has 0 amide bonds. The van der Waals surface area contributed by atoms with Crippen LogP contribution in [0, 0.1) is 16.7 Å². The fraction of sp³-hybridized carbons (Fsp3) is 0.429. The molecule has 84 valence electrons. The molecule has 0 aliphatic heterocycles. The minimum Gasteiger partial charge on any atom is -0.299 e. The molecule has 0 unspecified atom stereocenters. The zero-order valence-corrected chi connectivity index (χ0v) is 10.1. The summed E-state index contributed by atoms with van der Waals surface area (Å²) < 4.78 is 0. The van der Waals surface area contributed by atoms with Crippen LogP contribution in [0.1, 0.15) is 38.3 Å². The summed E-state index contributed by atoms with van der Waals surface area (Å²) in [5.41, 5.74) is 1.66. The number of Topliss-reactive ketones (excluding diaryl/α,β-unsaturated/α-hetero) is 1. The molecule has 2 nitrogen and oxygen atoms in total. The molecule has 1 aromatic carbocycles. The van der Waals surface area contributed by atoms with E-state index in [0.29, 0.717) is 18.4 Å². The molecular formula is C14H17NO. The average molecular weight is 215 g/mol. The molecule has 0 radical (unpaired) electrons. The Bertz CT molecular complexity index is 404. The number of ketones is 1. The van der Waals surface area contributed by atoms with E-state index in [1.54, 1.807) is 12.1 Å². The Morgan fingerprint density at radius 3 is 2.25 bits per heavy atom. The Hall–Kier alpha value is -1.62. The molecular weight excluding hydrogens is 198 g/mol. The Kier molecular flexibility index (Phi) is 3.84. The van der Waals surface area contributed by atoms with E-state index in [0.717, 1.165) is 5.56 Å². The summed E-state index contributed by atoms with van der Waals surface area (Å²) in [6, 6.07) is 9.25. The second-order valence-electron chi connectivity index (χ2n) is 5.26. The van der Waals surface area contributed by atoms with Gasteiger partial charge in [-0.25, -0.2) is 0 Å². The van der Waals surface area contributed by atoms with Crippen molar-refractivity contribution in [1.82, 2.24) is 0 Å². The zero-order chi connectivity index (χ0) is 12.2. The van der Waals surface area contributed by atoms with Crippen LogP contribution >= 0.6 is 0 Å². The molecule has 0 N–H and O–H groups in total. The lowest BCUT2D eigenvalue weighted by molar-refractivity contribution is -0.120. The first-order valence-electron chi connectivity index (χ1n) is 5.41. The first kappa shape index (κ1) is 12.4. The molecule has 0 saturated carbocycles. The molecule has 0 fully saturated rings. The Balaban J connectivity index is 2.61. The number of nitriles is 1. The van der Waals surface area contributed by atoms with Gasteiger partial charge in [0.15, 0.2) is 0 Å². The van der Waals surface area contributed by atoms with Crippen LogP contribution in [0.2, 0.25) is 0 Å². The smallest absolute Gasteiger partial charge is 0.137 e. The van der Waals surface area contributed by atoms with Gasteiger partial charge in [-0.3, -0.25) is 4.79 Å². The van der Waals surface area contributed by atoms with Gasteiger partial charge in [0.25, 0.3) is 0 Å². The molecule has 1 rings (SSSR count). The van der Waals surface area contributed by atoms with Crippen molar-refractivity contribution >= 4 is 5.78 Å². The van der Waals surface area contributed by atoms with Gasteiger partial charge in [-0.05, 0) is 23.1 Å². The largest absolute Gasteiger partial charge is 0.299 e. The lowest BCUT2D eigenvalue weighted by Crippen LogP contribution is -2.14. The van der Waals surface area contributed by atoms with Crippen molar-refractivity contribution in [3.05, 3.63) is 35.4 Å². The van der Waals surface area contributed by atoms with E-state index in [1.807, 2.05) is 12.1 Å². The molecule has 0 saturated heterocycles. The summed E-state index contributed by atoms with van der Waals surface area (Å²) in [7, 11) is 0. The Morgan fingerprint density at radius 2 is 1.81 bits per heavy atom. The summed E-state index contributed by atoms with van der Waals surface area (Å²) >= 11 is 0. The summed E-state index contributed by atoms with van der Waals surface area (Å²) in [6.45, 7) is 6.18. The van der Waals surface area contributed by atoms with Crippen molar-refractivity contribution in [3.63, 3.8) is 0 Å². The number of rotatable bonds is 3. The van der Waals surface area contributed by atoms with Crippen molar-refractivity contribution in [1.29, 1.82) is 5.26 Å². The molecule has 1 aromatic rings. The molecule has 0 aliphatic rings. The third-order valence-corrected chi connectivity index (χ3v) is 2.21. The van der Waals surface area contributed by atoms with Gasteiger partial charge in [0, 0.05) is 12.8 Å². The minimum absolute atomic E-state index is 0.0453. The fourth-order valence-electron chi connectivity index (χ4n) is 1.58. The molecule has 0 atom stereocenters. The summed E-state index contributed by atoms with van der Waals surface area (Å²) in [6.07, 6.45) is 1.05. The number of carbonyl (C=O) groups is 1. The van der Waals surface area contributed by atoms with E-state index in [-0.39, 0.29) is 11.2 Å². The van der Waals surface area contributed by atoms with Gasteiger partial charge in [-0.15, -0.1) is 0 Å². The maximum atomic E-state index is 11.7. The normalized spacial score (nSPS) is 10.9. The molecule has 0 heterocycles. The van der Waals surface area contributed by atoms with Gasteiger partial charge in [-0.2, -0.15) is 5.26 Å². The van der Waals surface area contributed by atoms with Crippen LogP contribution in [0.3, 0.4) is 0 Å². The third kappa shape index (κ3) is 4.27. The summed E-state index contributed by atoms with van der Waals surface area (Å²) in [5.74, 6) is 0.247. The van der Waals surface area contributed by atoms with Crippen molar-refractivity contribution in [2.24, 2.45) is 5.41 Å². The van der Waals surface area contributed by atoms with Crippen LogP contribution in [0.15, 0.2) is 24.3 Å². The monoisotopic (exact) mass is 215 g/mol. The molecule has 0 spiro atoms. The predicted molar refractivity (Wildman–Crippen MR) is 63.9 cm³/mol. The summed E-state index contributed by atoms with van der Waals surface area (Å²) in [5, 5.41) is 8.65. The van der Waals surface area contributed by atoms with Gasteiger partial charge < -0.3 is 0 Å². The van der Waals surface area contributed by atoms with Crippen molar-refractivity contribution < 1.29 is 4.79 Å². The van der Waals surface area contributed by atoms with Crippen LogP contribution < -0.4 is 0 Å². The highest BCUT2D eigenvalue weighted by Gasteiger charge is 2.15. The maximum absolute atomic E-state index is 11.7. The minimum atomic E-state index is 0.0453. The first-order valence-corrected chi connectivity index (χ1v) is 5.41. The van der Waals surface area contributed by atoms with E-state index in [2.05, 4.69) is 26.8 Å². The Labute approximate surface area is 96.9 Å². The summed E-state index contributed by atoms with van der Waals surface area (Å²) in [4.78, 5) is 11.7. The van der Waals surface area contributed by atoms with Gasteiger partial charge in [0.2, 0.25) is 0 Å². The van der Waals surface area contributed by atoms with Crippen LogP contribution in [-0.4, -0.2) is 5.78 Å². The zero-order valence-electron chi connectivity index (χ0n) is 10.1. The quantitative estimate of drug-likeness (QED) is 0.777. The van der Waals surface area contributed by atoms with Crippen molar-refractivity contribution in [2.45, 2.75) is 33.6 Å². The number of hydrogen-bond acceptors (Lipinski definition) is 2. The van der Waals surface area contributed by atoms with E-state index in [1.165, 1.54) is 0 Å². The number of nitrogens with zero attached hydrogens (tertiary/aromatic N) is 1. The molecule has 0 aliphatic carbocycles. The van der Waals surface area contributed by atoms with Crippen molar-refractivity contribution in [3.8, 4) is 6.07 Å². The van der Waals surface area contributed by atoms with Crippen LogP contribution in [0.4, 0.5) is 0 Å². The SMILES string of the molecule is CC(C)(C)CC(=O)Cc1ccc(C#N)cc1. The van der Waals surface area contributed by atoms with E-state index in [9.17, 15) is 4.79 Å². The molecule has 0 aromatic heterocycles. The molecule has 16 heavy (non-hydrogen) atoms. The lowest BCUT2D eigenvalue weighted by Gasteiger charge is -2.16. The second-order valence-corrected chi connectivity index (χ2v) is 5.26. The van der Waals surface area contributed by atoms with E-state index >= 15 is 0 Å². The van der Waals surface area contributed by atoms with Crippen LogP contribution in [0.5, 0.6) is 0 Å². The van der Waals surface area contributed by atoms with E-state index in [4.69, 9.17) is 5.26 Å². The highest BCUT2D eigenvalue weighted by molar-refractivity contribution is 5.81. The Morgan fingerprint density at radius 1 is 1.25 bits per heavy atom. The second kappa shape index (κ2) is 4.94. The van der Waals surface area contributed by atoms with Gasteiger partial charge in [0.1, 0.15) is 5.78 Å². The highest BCUT2D eigenvalue weighted by Crippen LogP contribution is 2.20. The van der Waals surface area contributed by atoms with Crippen molar-refractivity contribution in [2.75, 3.05) is 0 Å². The van der Waals surface area contributed by atoms with E-state index < -0.39 is 0 Å².